The van der Waals surface area contributed by atoms with Gasteiger partial charge in [0.2, 0.25) is 0 Å². The maximum Gasteiger partial charge on any atom is 0.123 e. The zero-order chi connectivity index (χ0) is 16.1. The van der Waals surface area contributed by atoms with Gasteiger partial charge in [0.05, 0.1) is 4.70 Å². The number of hydrogen-bond acceptors (Lipinski definition) is 2. The molecule has 0 amide bonds. The molecule has 0 fully saturated rings. The molecule has 0 saturated heterocycles. The minimum absolute atomic E-state index is 0.324. The van der Waals surface area contributed by atoms with Crippen molar-refractivity contribution in [3.8, 4) is 16.9 Å². The predicted molar refractivity (Wildman–Crippen MR) is 104 cm³/mol. The van der Waals surface area contributed by atoms with Crippen LogP contribution >= 0.6 is 27.3 Å². The first-order chi connectivity index (χ1) is 11.1. The molecule has 1 aromatic heterocycles. The largest absolute Gasteiger partial charge is 0.507 e. The third kappa shape index (κ3) is 2.11. The minimum atomic E-state index is 0.324. The van der Waals surface area contributed by atoms with Gasteiger partial charge in [-0.1, -0.05) is 42.5 Å². The Morgan fingerprint density at radius 3 is 2.30 bits per heavy atom. The van der Waals surface area contributed by atoms with Crippen LogP contribution in [0.2, 0.25) is 0 Å². The zero-order valence-corrected chi connectivity index (χ0v) is 15.3. The van der Waals surface area contributed by atoms with E-state index >= 15 is 0 Å². The number of benzene rings is 3. The summed E-state index contributed by atoms with van der Waals surface area (Å²) in [6.45, 7) is 4.32. The molecule has 0 aliphatic rings. The van der Waals surface area contributed by atoms with Gasteiger partial charge in [-0.15, -0.1) is 11.3 Å². The average molecular weight is 383 g/mol. The Morgan fingerprint density at radius 1 is 0.913 bits per heavy atom. The number of aryl methyl sites for hydroxylation is 2. The van der Waals surface area contributed by atoms with E-state index in [1.54, 1.807) is 17.4 Å². The van der Waals surface area contributed by atoms with Crippen molar-refractivity contribution in [3.63, 3.8) is 0 Å². The number of phenols is 1. The number of para-hydroxylation sites is 1. The van der Waals surface area contributed by atoms with E-state index < -0.39 is 0 Å². The molecule has 0 radical (unpaired) electrons. The molecule has 3 heteroatoms. The number of halogens is 1. The summed E-state index contributed by atoms with van der Waals surface area (Å²) in [6, 6.07) is 16.0. The second kappa shape index (κ2) is 5.36. The number of rotatable bonds is 1. The van der Waals surface area contributed by atoms with Crippen LogP contribution in [0.3, 0.4) is 0 Å². The normalized spacial score (nSPS) is 11.4. The van der Waals surface area contributed by atoms with Crippen molar-refractivity contribution in [2.75, 3.05) is 0 Å². The zero-order valence-electron chi connectivity index (χ0n) is 12.9. The highest BCUT2D eigenvalue weighted by Gasteiger charge is 2.20. The van der Waals surface area contributed by atoms with Crippen molar-refractivity contribution in [1.82, 2.24) is 0 Å². The average Bonchev–Trinajstić information content (AvgIpc) is 2.86. The summed E-state index contributed by atoms with van der Waals surface area (Å²) in [6.07, 6.45) is 0. The topological polar surface area (TPSA) is 20.2 Å². The van der Waals surface area contributed by atoms with Crippen LogP contribution < -0.4 is 0 Å². The molecule has 1 heterocycles. The third-order valence-electron chi connectivity index (χ3n) is 4.44. The Morgan fingerprint density at radius 2 is 1.57 bits per heavy atom. The summed E-state index contributed by atoms with van der Waals surface area (Å²) in [5.41, 5.74) is 3.30. The molecule has 114 valence electrons. The number of aromatic hydroxyl groups is 1. The van der Waals surface area contributed by atoms with Gasteiger partial charge >= 0.3 is 0 Å². The lowest BCUT2D eigenvalue weighted by atomic mass is 9.92. The van der Waals surface area contributed by atoms with Crippen LogP contribution in [0.5, 0.6) is 5.75 Å². The lowest BCUT2D eigenvalue weighted by molar-refractivity contribution is 0.477. The summed E-state index contributed by atoms with van der Waals surface area (Å²) >= 11 is 5.61. The molecule has 1 nitrogen and oxygen atoms in total. The molecule has 4 aromatic rings. The molecule has 1 N–H and O–H groups in total. The molecule has 4 rings (SSSR count). The lowest BCUT2D eigenvalue weighted by Crippen LogP contribution is -1.87. The van der Waals surface area contributed by atoms with Gasteiger partial charge in [-0.25, -0.2) is 0 Å². The van der Waals surface area contributed by atoms with Crippen LogP contribution in [0.4, 0.5) is 0 Å². The maximum absolute atomic E-state index is 10.4. The van der Waals surface area contributed by atoms with Crippen molar-refractivity contribution in [2.24, 2.45) is 0 Å². The van der Waals surface area contributed by atoms with E-state index in [9.17, 15) is 5.11 Å². The van der Waals surface area contributed by atoms with E-state index in [2.05, 4.69) is 54.0 Å². The Balaban J connectivity index is 2.33. The quantitative estimate of drug-likeness (QED) is 0.383. The summed E-state index contributed by atoms with van der Waals surface area (Å²) in [4.78, 5) is 1.31. The fraction of sp³-hybridized carbons (Fsp3) is 0.100. The van der Waals surface area contributed by atoms with Crippen LogP contribution in [-0.4, -0.2) is 5.11 Å². The van der Waals surface area contributed by atoms with Gasteiger partial charge in [-0.2, -0.15) is 0 Å². The summed E-state index contributed by atoms with van der Waals surface area (Å²) in [5, 5.41) is 14.0. The first kappa shape index (κ1) is 14.7. The Kier molecular flexibility index (Phi) is 3.43. The lowest BCUT2D eigenvalue weighted by Gasteiger charge is -2.13. The van der Waals surface area contributed by atoms with Gasteiger partial charge in [-0.3, -0.25) is 0 Å². The maximum atomic E-state index is 10.4. The molecule has 23 heavy (non-hydrogen) atoms. The van der Waals surface area contributed by atoms with Gasteiger partial charge in [0.1, 0.15) is 5.75 Å². The highest BCUT2D eigenvalue weighted by Crippen LogP contribution is 2.48. The Bertz CT molecular complexity index is 1060. The number of hydrogen-bond donors (Lipinski definition) is 1. The molecule has 3 aromatic carbocycles. The SMILES string of the molecule is Cc1sc2c(Br)c3ccccc3c(-c3ccccc3O)c2c1C. The van der Waals surface area contributed by atoms with E-state index in [1.165, 1.54) is 25.9 Å². The van der Waals surface area contributed by atoms with Gasteiger partial charge < -0.3 is 5.11 Å². The highest BCUT2D eigenvalue weighted by atomic mass is 79.9. The number of thiophene rings is 1. The van der Waals surface area contributed by atoms with Crippen molar-refractivity contribution in [1.29, 1.82) is 0 Å². The molecular weight excluding hydrogens is 368 g/mol. The number of phenolic OH excluding ortho intramolecular Hbond substituents is 1. The van der Waals surface area contributed by atoms with Gasteiger partial charge in [0.15, 0.2) is 0 Å². The van der Waals surface area contributed by atoms with Gasteiger partial charge in [-0.05, 0) is 52.2 Å². The fourth-order valence-electron chi connectivity index (χ4n) is 3.20. The molecule has 0 bridgehead atoms. The van der Waals surface area contributed by atoms with Crippen molar-refractivity contribution >= 4 is 48.1 Å². The van der Waals surface area contributed by atoms with Crippen molar-refractivity contribution in [2.45, 2.75) is 13.8 Å². The molecule has 0 saturated carbocycles. The highest BCUT2D eigenvalue weighted by molar-refractivity contribution is 9.11. The standard InChI is InChI=1S/C20H15BrOS/c1-11-12(2)23-20-17(11)18(15-9-5-6-10-16(15)22)13-7-3-4-8-14(13)19(20)21/h3-10,22H,1-2H3. The van der Waals surface area contributed by atoms with Crippen LogP contribution in [0.25, 0.3) is 32.0 Å². The van der Waals surface area contributed by atoms with Crippen LogP contribution in [-0.2, 0) is 0 Å². The molecule has 0 atom stereocenters. The van der Waals surface area contributed by atoms with E-state index in [-0.39, 0.29) is 0 Å². The van der Waals surface area contributed by atoms with Gasteiger partial charge in [0, 0.05) is 25.9 Å². The van der Waals surface area contributed by atoms with Crippen LogP contribution in [0.1, 0.15) is 10.4 Å². The minimum Gasteiger partial charge on any atom is -0.507 e. The van der Waals surface area contributed by atoms with E-state index in [0.29, 0.717) is 5.75 Å². The summed E-state index contributed by atoms with van der Waals surface area (Å²) in [5.74, 6) is 0.324. The molecule has 0 unspecified atom stereocenters. The molecular formula is C20H15BrOS. The van der Waals surface area contributed by atoms with Crippen molar-refractivity contribution in [3.05, 3.63) is 63.4 Å². The predicted octanol–water partition coefficient (Wildman–Crippen LogP) is 6.81. The van der Waals surface area contributed by atoms with E-state index in [1.807, 2.05) is 18.2 Å². The molecule has 0 spiro atoms. The van der Waals surface area contributed by atoms with Crippen LogP contribution in [0.15, 0.2) is 53.0 Å². The van der Waals surface area contributed by atoms with Crippen LogP contribution in [0, 0.1) is 13.8 Å². The first-order valence-electron chi connectivity index (χ1n) is 7.48. The summed E-state index contributed by atoms with van der Waals surface area (Å²) in [7, 11) is 0. The van der Waals surface area contributed by atoms with Gasteiger partial charge in [0.25, 0.3) is 0 Å². The smallest absolute Gasteiger partial charge is 0.123 e. The summed E-state index contributed by atoms with van der Waals surface area (Å²) < 4.78 is 2.39. The molecule has 0 aliphatic carbocycles. The van der Waals surface area contributed by atoms with E-state index in [4.69, 9.17) is 0 Å². The Labute approximate surface area is 147 Å². The number of fused-ring (bicyclic) bond motifs is 2. The third-order valence-corrected chi connectivity index (χ3v) is 6.75. The Hall–Kier alpha value is -1.84. The fourth-order valence-corrected chi connectivity index (χ4v) is 5.10. The molecule has 0 aliphatic heterocycles. The van der Waals surface area contributed by atoms with E-state index in [0.717, 1.165) is 21.0 Å². The second-order valence-corrected chi connectivity index (χ2v) is 7.76. The monoisotopic (exact) mass is 382 g/mol. The first-order valence-corrected chi connectivity index (χ1v) is 9.09. The van der Waals surface area contributed by atoms with Crippen molar-refractivity contribution < 1.29 is 5.11 Å². The second-order valence-electron chi connectivity index (χ2n) is 5.74.